The van der Waals surface area contributed by atoms with E-state index in [2.05, 4.69) is 10.6 Å². The second kappa shape index (κ2) is 11.4. The Bertz CT molecular complexity index is 1220. The molecule has 186 valence electrons. The van der Waals surface area contributed by atoms with E-state index in [0.717, 1.165) is 29.7 Å². The lowest BCUT2D eigenvalue weighted by Crippen LogP contribution is -2.39. The minimum Gasteiger partial charge on any atom is -0.491 e. The molecule has 1 aliphatic heterocycles. The monoisotopic (exact) mass is 487 g/mol. The molecule has 1 atom stereocenters. The van der Waals surface area contributed by atoms with Crippen molar-refractivity contribution in [2.75, 3.05) is 23.8 Å². The Morgan fingerprint density at radius 2 is 1.69 bits per heavy atom. The summed E-state index contributed by atoms with van der Waals surface area (Å²) in [6, 6.07) is 20.7. The Labute approximate surface area is 209 Å². The number of anilines is 2. The lowest BCUT2D eigenvalue weighted by atomic mass is 10.1. The minimum atomic E-state index is -0.983. The number of nitrogens with one attached hydrogen (secondary N) is 2. The van der Waals surface area contributed by atoms with Crippen LogP contribution in [0, 0.1) is 6.92 Å². The van der Waals surface area contributed by atoms with Gasteiger partial charge in [-0.1, -0.05) is 30.3 Å². The van der Waals surface area contributed by atoms with Gasteiger partial charge in [0.25, 0.3) is 0 Å². The van der Waals surface area contributed by atoms with Gasteiger partial charge in [-0.05, 0) is 73.4 Å². The standard InChI is InChI=1S/C28H29N3O5/c1-19-5-2-3-7-25(19)30-28(35)29-22-12-8-20(9-13-22)17-26(32)31-16-4-6-23(31)18-36-24-14-10-21(11-15-24)27(33)34/h2-3,5,7-15,23H,4,6,16-18H2,1H3,(H,33,34)(H2,29,30,35)/t23-/m0/s1. The fourth-order valence-electron chi connectivity index (χ4n) is 4.20. The highest BCUT2D eigenvalue weighted by molar-refractivity contribution is 6.00. The molecule has 8 nitrogen and oxygen atoms in total. The van der Waals surface area contributed by atoms with Gasteiger partial charge in [-0.15, -0.1) is 0 Å². The molecule has 1 saturated heterocycles. The number of amides is 3. The van der Waals surface area contributed by atoms with E-state index in [-0.39, 0.29) is 30.0 Å². The van der Waals surface area contributed by atoms with Gasteiger partial charge < -0.3 is 25.4 Å². The number of aromatic carboxylic acids is 1. The highest BCUT2D eigenvalue weighted by Crippen LogP contribution is 2.22. The topological polar surface area (TPSA) is 108 Å². The molecule has 0 spiro atoms. The predicted octanol–water partition coefficient (Wildman–Crippen LogP) is 4.95. The Hall–Kier alpha value is -4.33. The van der Waals surface area contributed by atoms with Gasteiger partial charge in [-0.25, -0.2) is 9.59 Å². The first kappa shape index (κ1) is 24.8. The number of aryl methyl sites for hydroxylation is 1. The van der Waals surface area contributed by atoms with Gasteiger partial charge >= 0.3 is 12.0 Å². The van der Waals surface area contributed by atoms with E-state index < -0.39 is 5.97 Å². The molecule has 8 heteroatoms. The summed E-state index contributed by atoms with van der Waals surface area (Å²) >= 11 is 0. The summed E-state index contributed by atoms with van der Waals surface area (Å²) < 4.78 is 5.82. The Morgan fingerprint density at radius 3 is 2.39 bits per heavy atom. The zero-order chi connectivity index (χ0) is 25.5. The van der Waals surface area contributed by atoms with Crippen molar-refractivity contribution >= 4 is 29.3 Å². The number of likely N-dealkylation sites (tertiary alicyclic amines) is 1. The molecule has 0 bridgehead atoms. The zero-order valence-electron chi connectivity index (χ0n) is 20.1. The molecule has 3 amide bonds. The van der Waals surface area contributed by atoms with E-state index in [1.54, 1.807) is 24.3 Å². The molecule has 0 unspecified atom stereocenters. The molecule has 1 heterocycles. The number of para-hydroxylation sites is 1. The molecule has 3 aromatic carbocycles. The summed E-state index contributed by atoms with van der Waals surface area (Å²) in [5, 5.41) is 14.6. The summed E-state index contributed by atoms with van der Waals surface area (Å²) in [5.41, 5.74) is 3.43. The summed E-state index contributed by atoms with van der Waals surface area (Å²) in [7, 11) is 0. The average molecular weight is 488 g/mol. The Morgan fingerprint density at radius 1 is 0.972 bits per heavy atom. The third-order valence-corrected chi connectivity index (χ3v) is 6.20. The van der Waals surface area contributed by atoms with Crippen LogP contribution in [0.3, 0.4) is 0 Å². The van der Waals surface area contributed by atoms with E-state index in [4.69, 9.17) is 9.84 Å². The SMILES string of the molecule is Cc1ccccc1NC(=O)Nc1ccc(CC(=O)N2CCC[C@H]2COc2ccc(C(=O)O)cc2)cc1. The van der Waals surface area contributed by atoms with Crippen LogP contribution in [0.1, 0.15) is 34.3 Å². The Balaban J connectivity index is 1.27. The smallest absolute Gasteiger partial charge is 0.335 e. The molecule has 0 radical (unpaired) electrons. The number of benzene rings is 3. The van der Waals surface area contributed by atoms with Gasteiger partial charge in [0.15, 0.2) is 0 Å². The van der Waals surface area contributed by atoms with Crippen molar-refractivity contribution in [3.63, 3.8) is 0 Å². The zero-order valence-corrected chi connectivity index (χ0v) is 20.1. The number of carboxylic acids is 1. The van der Waals surface area contributed by atoms with Crippen molar-refractivity contribution in [3.05, 3.63) is 89.5 Å². The highest BCUT2D eigenvalue weighted by atomic mass is 16.5. The van der Waals surface area contributed by atoms with E-state index in [1.807, 2.05) is 48.2 Å². The predicted molar refractivity (Wildman–Crippen MR) is 138 cm³/mol. The fraction of sp³-hybridized carbons (Fsp3) is 0.250. The van der Waals surface area contributed by atoms with Crippen LogP contribution in [0.2, 0.25) is 0 Å². The van der Waals surface area contributed by atoms with Gasteiger partial charge in [-0.3, -0.25) is 4.79 Å². The molecule has 36 heavy (non-hydrogen) atoms. The van der Waals surface area contributed by atoms with Crippen LogP contribution in [0.5, 0.6) is 5.75 Å². The lowest BCUT2D eigenvalue weighted by Gasteiger charge is -2.25. The quantitative estimate of drug-likeness (QED) is 0.417. The highest BCUT2D eigenvalue weighted by Gasteiger charge is 2.29. The molecule has 1 aliphatic rings. The van der Waals surface area contributed by atoms with Crippen LogP contribution in [0.25, 0.3) is 0 Å². The normalized spacial score (nSPS) is 14.8. The molecule has 0 saturated carbocycles. The largest absolute Gasteiger partial charge is 0.491 e. The van der Waals surface area contributed by atoms with Gasteiger partial charge in [0.05, 0.1) is 18.0 Å². The van der Waals surface area contributed by atoms with E-state index >= 15 is 0 Å². The number of hydrogen-bond donors (Lipinski definition) is 3. The lowest BCUT2D eigenvalue weighted by molar-refractivity contribution is -0.131. The summed E-state index contributed by atoms with van der Waals surface area (Å²) in [4.78, 5) is 38.1. The number of ether oxygens (including phenoxy) is 1. The molecule has 0 aromatic heterocycles. The van der Waals surface area contributed by atoms with E-state index in [1.165, 1.54) is 12.1 Å². The van der Waals surface area contributed by atoms with Crippen molar-refractivity contribution in [1.29, 1.82) is 0 Å². The number of carbonyl (C=O) groups is 3. The molecule has 3 N–H and O–H groups in total. The summed E-state index contributed by atoms with van der Waals surface area (Å²) in [6.07, 6.45) is 2.04. The van der Waals surface area contributed by atoms with Crippen molar-refractivity contribution in [2.24, 2.45) is 0 Å². The molecule has 1 fully saturated rings. The summed E-state index contributed by atoms with van der Waals surface area (Å²) in [6.45, 7) is 2.97. The van der Waals surface area contributed by atoms with Gasteiger partial charge in [-0.2, -0.15) is 0 Å². The Kier molecular flexibility index (Phi) is 7.85. The van der Waals surface area contributed by atoms with Crippen LogP contribution in [0.15, 0.2) is 72.8 Å². The van der Waals surface area contributed by atoms with Crippen LogP contribution in [-0.4, -0.2) is 47.1 Å². The molecular weight excluding hydrogens is 458 g/mol. The van der Waals surface area contributed by atoms with Crippen LogP contribution < -0.4 is 15.4 Å². The molecule has 4 rings (SSSR count). The van der Waals surface area contributed by atoms with E-state index in [9.17, 15) is 14.4 Å². The summed E-state index contributed by atoms with van der Waals surface area (Å²) in [5.74, 6) is -0.377. The second-order valence-corrected chi connectivity index (χ2v) is 8.79. The van der Waals surface area contributed by atoms with Gasteiger partial charge in [0.2, 0.25) is 5.91 Å². The van der Waals surface area contributed by atoms with Crippen LogP contribution in [0.4, 0.5) is 16.2 Å². The van der Waals surface area contributed by atoms with Crippen molar-refractivity contribution in [2.45, 2.75) is 32.2 Å². The van der Waals surface area contributed by atoms with Crippen molar-refractivity contribution in [1.82, 2.24) is 4.90 Å². The second-order valence-electron chi connectivity index (χ2n) is 8.79. The maximum absolute atomic E-state index is 13.0. The third-order valence-electron chi connectivity index (χ3n) is 6.20. The number of urea groups is 1. The molecule has 0 aliphatic carbocycles. The molecule has 3 aromatic rings. The van der Waals surface area contributed by atoms with Crippen molar-refractivity contribution < 1.29 is 24.2 Å². The third kappa shape index (κ3) is 6.41. The number of nitrogens with zero attached hydrogens (tertiary/aromatic N) is 1. The van der Waals surface area contributed by atoms with Crippen LogP contribution >= 0.6 is 0 Å². The number of carbonyl (C=O) groups excluding carboxylic acids is 2. The first-order valence-corrected chi connectivity index (χ1v) is 11.9. The first-order valence-electron chi connectivity index (χ1n) is 11.9. The van der Waals surface area contributed by atoms with Gasteiger partial charge in [0.1, 0.15) is 12.4 Å². The first-order chi connectivity index (χ1) is 17.4. The number of hydrogen-bond acceptors (Lipinski definition) is 4. The minimum absolute atomic E-state index is 0.0253. The number of carboxylic acid groups (broad SMARTS) is 1. The van der Waals surface area contributed by atoms with E-state index in [0.29, 0.717) is 24.6 Å². The van der Waals surface area contributed by atoms with Gasteiger partial charge in [0, 0.05) is 17.9 Å². The maximum atomic E-state index is 13.0. The molecular formula is C28H29N3O5. The average Bonchev–Trinajstić information content (AvgIpc) is 3.34. The number of rotatable bonds is 8. The van der Waals surface area contributed by atoms with Crippen LogP contribution in [-0.2, 0) is 11.2 Å². The fourth-order valence-corrected chi connectivity index (χ4v) is 4.20. The maximum Gasteiger partial charge on any atom is 0.335 e. The van der Waals surface area contributed by atoms with Crippen molar-refractivity contribution in [3.8, 4) is 5.75 Å².